The van der Waals surface area contributed by atoms with Crippen LogP contribution in [0.15, 0.2) is 0 Å². The second kappa shape index (κ2) is 15.0. The summed E-state index contributed by atoms with van der Waals surface area (Å²) >= 11 is 0. The van der Waals surface area contributed by atoms with E-state index in [1.807, 2.05) is 6.92 Å². The molecular weight excluding hydrogens is 359 g/mol. The molecule has 0 amide bonds. The Labute approximate surface area is 172 Å². The van der Waals surface area contributed by atoms with E-state index in [-0.39, 0.29) is 29.6 Å². The van der Waals surface area contributed by atoms with E-state index in [1.165, 1.54) is 0 Å². The van der Waals surface area contributed by atoms with E-state index in [0.29, 0.717) is 12.8 Å². The monoisotopic (exact) mass is 390 g/mol. The van der Waals surface area contributed by atoms with Gasteiger partial charge < -0.3 is 9.84 Å². The summed E-state index contributed by atoms with van der Waals surface area (Å²) in [6.07, 6.45) is 6.58. The Balaban J connectivity index is 0. The SMILES string of the molecule is CCCCCCC(CCCCC)OC(=O)C(CC(=O)O)S(=O)(=O)O.[NaH]. The molecule has 0 aliphatic carbocycles. The first-order valence-electron chi connectivity index (χ1n) is 8.60. The maximum absolute atomic E-state index is 12.0. The van der Waals surface area contributed by atoms with Crippen LogP contribution in [0, 0.1) is 0 Å². The van der Waals surface area contributed by atoms with Crippen molar-refractivity contribution < 1.29 is 32.4 Å². The van der Waals surface area contributed by atoms with Crippen molar-refractivity contribution in [3.05, 3.63) is 0 Å². The molecule has 7 nitrogen and oxygen atoms in total. The number of carboxylic acid groups (broad SMARTS) is 1. The van der Waals surface area contributed by atoms with Crippen LogP contribution in [0.25, 0.3) is 0 Å². The number of aliphatic carboxylic acids is 1. The van der Waals surface area contributed by atoms with Crippen molar-refractivity contribution in [2.45, 2.75) is 89.4 Å². The molecule has 0 heterocycles. The van der Waals surface area contributed by atoms with Gasteiger partial charge in [-0.2, -0.15) is 8.42 Å². The molecular formula is C16H31NaO7S. The third kappa shape index (κ3) is 13.7. The van der Waals surface area contributed by atoms with Gasteiger partial charge in [0, 0.05) is 0 Å². The molecule has 0 bridgehead atoms. The Kier molecular flexibility index (Phi) is 16.2. The zero-order chi connectivity index (χ0) is 18.6. The normalized spacial score (nSPS) is 13.6. The molecule has 2 unspecified atom stereocenters. The molecule has 0 aliphatic rings. The molecule has 0 saturated carbocycles. The second-order valence-electron chi connectivity index (χ2n) is 6.01. The topological polar surface area (TPSA) is 118 Å². The molecule has 0 radical (unpaired) electrons. The molecule has 25 heavy (non-hydrogen) atoms. The summed E-state index contributed by atoms with van der Waals surface area (Å²) in [7, 11) is -4.81. The van der Waals surface area contributed by atoms with Gasteiger partial charge in [0.25, 0.3) is 10.1 Å². The standard InChI is InChI=1S/C16H30O7S.Na.H/c1-3-5-7-9-11-13(10-8-6-4-2)23-16(19)14(12-15(17)18)24(20,21)22;;/h13-14H,3-12H2,1-2H3,(H,17,18)(H,20,21,22);;. The van der Waals surface area contributed by atoms with Gasteiger partial charge in [-0.15, -0.1) is 0 Å². The quantitative estimate of drug-likeness (QED) is 0.202. The molecule has 2 N–H and O–H groups in total. The first-order valence-corrected chi connectivity index (χ1v) is 10.1. The summed E-state index contributed by atoms with van der Waals surface area (Å²) in [6, 6.07) is 0. The van der Waals surface area contributed by atoms with Crippen LogP contribution in [-0.4, -0.2) is 70.9 Å². The van der Waals surface area contributed by atoms with Gasteiger partial charge in [-0.25, -0.2) is 0 Å². The molecule has 0 spiro atoms. The molecule has 9 heteroatoms. The van der Waals surface area contributed by atoms with Gasteiger partial charge >= 0.3 is 41.5 Å². The average molecular weight is 390 g/mol. The van der Waals surface area contributed by atoms with Gasteiger partial charge in [0.1, 0.15) is 6.10 Å². The van der Waals surface area contributed by atoms with Gasteiger partial charge in [-0.3, -0.25) is 14.1 Å². The van der Waals surface area contributed by atoms with Gasteiger partial charge in [0.2, 0.25) is 0 Å². The van der Waals surface area contributed by atoms with Crippen molar-refractivity contribution in [1.29, 1.82) is 0 Å². The number of ether oxygens (including phenoxy) is 1. The number of rotatable bonds is 14. The van der Waals surface area contributed by atoms with Crippen LogP contribution in [0.2, 0.25) is 0 Å². The number of unbranched alkanes of at least 4 members (excludes halogenated alkanes) is 5. The summed E-state index contributed by atoms with van der Waals surface area (Å²) < 4.78 is 36.8. The van der Waals surface area contributed by atoms with Crippen molar-refractivity contribution in [3.63, 3.8) is 0 Å². The van der Waals surface area contributed by atoms with Crippen LogP contribution in [0.5, 0.6) is 0 Å². The Morgan fingerprint density at radius 1 is 0.960 bits per heavy atom. The molecule has 0 aromatic carbocycles. The molecule has 0 rings (SSSR count). The van der Waals surface area contributed by atoms with E-state index in [0.717, 1.165) is 44.9 Å². The Morgan fingerprint density at radius 3 is 1.88 bits per heavy atom. The zero-order valence-electron chi connectivity index (χ0n) is 14.6. The molecule has 144 valence electrons. The third-order valence-corrected chi connectivity index (χ3v) is 4.85. The first kappa shape index (κ1) is 27.1. The van der Waals surface area contributed by atoms with Crippen LogP contribution in [0.4, 0.5) is 0 Å². The van der Waals surface area contributed by atoms with Crippen molar-refractivity contribution in [1.82, 2.24) is 0 Å². The summed E-state index contributed by atoms with van der Waals surface area (Å²) in [5, 5.41) is 6.65. The van der Waals surface area contributed by atoms with E-state index < -0.39 is 39.8 Å². The second-order valence-corrected chi connectivity index (χ2v) is 7.60. The van der Waals surface area contributed by atoms with E-state index in [4.69, 9.17) is 14.4 Å². The Bertz CT molecular complexity index is 479. The minimum absolute atomic E-state index is 0. The van der Waals surface area contributed by atoms with Crippen LogP contribution in [-0.2, 0) is 24.4 Å². The Morgan fingerprint density at radius 2 is 1.44 bits per heavy atom. The van der Waals surface area contributed by atoms with Gasteiger partial charge in [0.15, 0.2) is 5.25 Å². The van der Waals surface area contributed by atoms with Crippen LogP contribution >= 0.6 is 0 Å². The van der Waals surface area contributed by atoms with Gasteiger partial charge in [0.05, 0.1) is 6.42 Å². The van der Waals surface area contributed by atoms with Crippen LogP contribution in [0.3, 0.4) is 0 Å². The van der Waals surface area contributed by atoms with E-state index in [1.54, 1.807) is 0 Å². The molecule has 0 fully saturated rings. The molecule has 0 aromatic rings. The van der Waals surface area contributed by atoms with E-state index in [2.05, 4.69) is 6.92 Å². The number of esters is 1. The number of carbonyl (C=O) groups excluding carboxylic acids is 1. The molecule has 0 aromatic heterocycles. The fraction of sp³-hybridized carbons (Fsp3) is 0.875. The number of hydrogen-bond donors (Lipinski definition) is 2. The van der Waals surface area contributed by atoms with Crippen LogP contribution in [0.1, 0.15) is 78.1 Å². The summed E-state index contributed by atoms with van der Waals surface area (Å²) in [4.78, 5) is 22.8. The van der Waals surface area contributed by atoms with Crippen molar-refractivity contribution >= 4 is 51.6 Å². The number of carboxylic acids is 1. The Hall–Kier alpha value is -0.150. The molecule has 0 saturated heterocycles. The van der Waals surface area contributed by atoms with Crippen molar-refractivity contribution in [2.75, 3.05) is 0 Å². The first-order chi connectivity index (χ1) is 11.2. The average Bonchev–Trinajstić information content (AvgIpc) is 2.47. The predicted molar refractivity (Wildman–Crippen MR) is 97.5 cm³/mol. The van der Waals surface area contributed by atoms with E-state index >= 15 is 0 Å². The maximum atomic E-state index is 12.0. The number of hydrogen-bond acceptors (Lipinski definition) is 5. The fourth-order valence-corrected chi connectivity index (χ4v) is 3.04. The molecule has 2 atom stereocenters. The van der Waals surface area contributed by atoms with Crippen molar-refractivity contribution in [2.24, 2.45) is 0 Å². The molecule has 0 aliphatic heterocycles. The third-order valence-electron chi connectivity index (χ3n) is 3.77. The summed E-state index contributed by atoms with van der Waals surface area (Å²) in [5.41, 5.74) is 0. The van der Waals surface area contributed by atoms with Gasteiger partial charge in [-0.1, -0.05) is 46.0 Å². The predicted octanol–water partition coefficient (Wildman–Crippen LogP) is 2.53. The zero-order valence-corrected chi connectivity index (χ0v) is 15.4. The van der Waals surface area contributed by atoms with Crippen molar-refractivity contribution in [3.8, 4) is 0 Å². The summed E-state index contributed by atoms with van der Waals surface area (Å²) in [5.74, 6) is -2.67. The minimum atomic E-state index is -4.81. The summed E-state index contributed by atoms with van der Waals surface area (Å²) in [6.45, 7) is 4.13. The number of carbonyl (C=O) groups is 2. The van der Waals surface area contributed by atoms with Crippen LogP contribution < -0.4 is 0 Å². The van der Waals surface area contributed by atoms with E-state index in [9.17, 15) is 18.0 Å². The van der Waals surface area contributed by atoms with Gasteiger partial charge in [-0.05, 0) is 25.7 Å². The fourth-order valence-electron chi connectivity index (χ4n) is 2.39.